The largest absolute Gasteiger partial charge is 0.393 e. The summed E-state index contributed by atoms with van der Waals surface area (Å²) in [4.78, 5) is 0. The van der Waals surface area contributed by atoms with Gasteiger partial charge in [-0.2, -0.15) is 0 Å². The minimum Gasteiger partial charge on any atom is -0.393 e. The zero-order valence-corrected chi connectivity index (χ0v) is 15.5. The molecule has 1 saturated heterocycles. The monoisotopic (exact) mass is 348 g/mol. The summed E-state index contributed by atoms with van der Waals surface area (Å²) >= 11 is 0. The van der Waals surface area contributed by atoms with E-state index in [9.17, 15) is 10.2 Å². The third-order valence-electron chi connectivity index (χ3n) is 8.98. The standard InChI is InChI=1S/C21H32O4/c1-19-7-5-17-15(16(19)6-8-21(19)24-9-10-25-21)4-3-13-11-14(22)12-18(23)20(13,17)2/h3,14-18,22-23H,4-12H2,1-2H3/t14-,15+,16+,17+,18+,19+,20+/m1/s1. The first kappa shape index (κ1) is 16.7. The van der Waals surface area contributed by atoms with Gasteiger partial charge in [0.05, 0.1) is 25.4 Å². The van der Waals surface area contributed by atoms with Crippen molar-refractivity contribution in [3.05, 3.63) is 11.6 Å². The van der Waals surface area contributed by atoms with Gasteiger partial charge in [-0.05, 0) is 49.9 Å². The third kappa shape index (κ3) is 1.97. The molecule has 0 unspecified atom stereocenters. The van der Waals surface area contributed by atoms with Gasteiger partial charge in [-0.3, -0.25) is 0 Å². The van der Waals surface area contributed by atoms with Crippen molar-refractivity contribution in [1.29, 1.82) is 0 Å². The Labute approximate surface area is 150 Å². The van der Waals surface area contributed by atoms with Crippen LogP contribution in [-0.2, 0) is 9.47 Å². The lowest BCUT2D eigenvalue weighted by Crippen LogP contribution is -2.58. The lowest BCUT2D eigenvalue weighted by atomic mass is 9.47. The summed E-state index contributed by atoms with van der Waals surface area (Å²) in [6.45, 7) is 6.13. The topological polar surface area (TPSA) is 58.9 Å². The van der Waals surface area contributed by atoms with Gasteiger partial charge in [-0.15, -0.1) is 0 Å². The highest BCUT2D eigenvalue weighted by molar-refractivity contribution is 5.28. The summed E-state index contributed by atoms with van der Waals surface area (Å²) < 4.78 is 12.4. The smallest absolute Gasteiger partial charge is 0.174 e. The number of fused-ring (bicyclic) bond motifs is 6. The maximum Gasteiger partial charge on any atom is 0.174 e. The second-order valence-corrected chi connectivity index (χ2v) is 9.68. The Morgan fingerprint density at radius 1 is 1.04 bits per heavy atom. The highest BCUT2D eigenvalue weighted by Crippen LogP contribution is 2.68. The molecular formula is C21H32O4. The summed E-state index contributed by atoms with van der Waals surface area (Å²) in [7, 11) is 0. The molecule has 7 atom stereocenters. The summed E-state index contributed by atoms with van der Waals surface area (Å²) in [5.41, 5.74) is 1.26. The second kappa shape index (κ2) is 5.31. The van der Waals surface area contributed by atoms with Crippen molar-refractivity contribution < 1.29 is 19.7 Å². The zero-order valence-electron chi connectivity index (χ0n) is 15.5. The molecule has 0 radical (unpaired) electrons. The number of allylic oxidation sites excluding steroid dienone is 1. The van der Waals surface area contributed by atoms with Gasteiger partial charge in [0.1, 0.15) is 0 Å². The van der Waals surface area contributed by atoms with Crippen LogP contribution in [0.15, 0.2) is 11.6 Å². The highest BCUT2D eigenvalue weighted by atomic mass is 16.7. The number of ether oxygens (including phenoxy) is 2. The Morgan fingerprint density at radius 3 is 2.52 bits per heavy atom. The van der Waals surface area contributed by atoms with Crippen LogP contribution in [0.5, 0.6) is 0 Å². The molecule has 0 bridgehead atoms. The lowest BCUT2D eigenvalue weighted by molar-refractivity contribution is -0.244. The van der Waals surface area contributed by atoms with E-state index in [-0.39, 0.29) is 22.7 Å². The SMILES string of the molecule is C[C@]12C(=CC[C@@H]3[C@@H]1CC[C@@]1(C)[C@H]3CCC13OCCO3)C[C@@H](O)C[C@@H]2O. The molecule has 4 fully saturated rings. The van der Waals surface area contributed by atoms with Crippen LogP contribution in [0.4, 0.5) is 0 Å². The van der Waals surface area contributed by atoms with Crippen LogP contribution in [0.2, 0.25) is 0 Å². The molecule has 4 aliphatic carbocycles. The third-order valence-corrected chi connectivity index (χ3v) is 8.98. The highest BCUT2D eigenvalue weighted by Gasteiger charge is 2.67. The van der Waals surface area contributed by atoms with Gasteiger partial charge in [-0.25, -0.2) is 0 Å². The molecule has 1 heterocycles. The van der Waals surface area contributed by atoms with Crippen LogP contribution >= 0.6 is 0 Å². The minimum absolute atomic E-state index is 0.103. The molecule has 0 aromatic heterocycles. The molecule has 1 aliphatic heterocycles. The van der Waals surface area contributed by atoms with Gasteiger partial charge < -0.3 is 19.7 Å². The van der Waals surface area contributed by atoms with Crippen molar-refractivity contribution in [2.45, 2.75) is 76.8 Å². The van der Waals surface area contributed by atoms with Gasteiger partial charge in [0.15, 0.2) is 5.79 Å². The number of hydrogen-bond donors (Lipinski definition) is 2. The van der Waals surface area contributed by atoms with E-state index in [1.165, 1.54) is 12.0 Å². The molecule has 3 saturated carbocycles. The molecule has 0 aromatic rings. The molecule has 25 heavy (non-hydrogen) atoms. The second-order valence-electron chi connectivity index (χ2n) is 9.68. The Bertz CT molecular complexity index is 595. The first-order chi connectivity index (χ1) is 11.9. The maximum absolute atomic E-state index is 10.9. The van der Waals surface area contributed by atoms with E-state index in [4.69, 9.17) is 9.47 Å². The van der Waals surface area contributed by atoms with Gasteiger partial charge in [0.25, 0.3) is 0 Å². The predicted molar refractivity (Wildman–Crippen MR) is 93.7 cm³/mol. The Kier molecular flexibility index (Phi) is 3.55. The summed E-state index contributed by atoms with van der Waals surface area (Å²) in [6, 6.07) is 0. The van der Waals surface area contributed by atoms with E-state index >= 15 is 0 Å². The van der Waals surface area contributed by atoms with Crippen molar-refractivity contribution in [3.63, 3.8) is 0 Å². The fourth-order valence-electron chi connectivity index (χ4n) is 7.59. The predicted octanol–water partition coefficient (Wildman–Crippen LogP) is 3.02. The van der Waals surface area contributed by atoms with Crippen molar-refractivity contribution >= 4 is 0 Å². The van der Waals surface area contributed by atoms with E-state index in [1.807, 2.05) is 0 Å². The van der Waals surface area contributed by atoms with Gasteiger partial charge in [-0.1, -0.05) is 25.5 Å². The minimum atomic E-state index is -0.422. The van der Waals surface area contributed by atoms with Crippen molar-refractivity contribution in [1.82, 2.24) is 0 Å². The maximum atomic E-state index is 10.9. The average Bonchev–Trinajstić information content (AvgIpc) is 3.16. The van der Waals surface area contributed by atoms with E-state index in [0.29, 0.717) is 24.2 Å². The summed E-state index contributed by atoms with van der Waals surface area (Å²) in [5, 5.41) is 21.1. The van der Waals surface area contributed by atoms with Crippen molar-refractivity contribution in [3.8, 4) is 0 Å². The molecule has 5 rings (SSSR count). The Balaban J connectivity index is 1.51. The number of aliphatic hydroxyl groups excluding tert-OH is 2. The van der Waals surface area contributed by atoms with Gasteiger partial charge >= 0.3 is 0 Å². The molecular weight excluding hydrogens is 316 g/mol. The van der Waals surface area contributed by atoms with Gasteiger partial charge in [0.2, 0.25) is 0 Å². The van der Waals surface area contributed by atoms with E-state index < -0.39 is 6.10 Å². The Morgan fingerprint density at radius 2 is 1.76 bits per heavy atom. The van der Waals surface area contributed by atoms with Crippen molar-refractivity contribution in [2.24, 2.45) is 28.6 Å². The first-order valence-electron chi connectivity index (χ1n) is 10.2. The molecule has 2 N–H and O–H groups in total. The van der Waals surface area contributed by atoms with E-state index in [1.54, 1.807) is 0 Å². The molecule has 0 aromatic carbocycles. The van der Waals surface area contributed by atoms with Crippen LogP contribution in [-0.4, -0.2) is 41.4 Å². The normalized spacial score (nSPS) is 53.9. The van der Waals surface area contributed by atoms with E-state index in [0.717, 1.165) is 45.3 Å². The van der Waals surface area contributed by atoms with Crippen LogP contribution in [0, 0.1) is 28.6 Å². The van der Waals surface area contributed by atoms with Gasteiger partial charge in [0, 0.05) is 23.7 Å². The molecule has 5 aliphatic rings. The number of aliphatic hydroxyl groups is 2. The average molecular weight is 348 g/mol. The lowest BCUT2D eigenvalue weighted by Gasteiger charge is -2.59. The summed E-state index contributed by atoms with van der Waals surface area (Å²) in [6.07, 6.45) is 8.37. The quantitative estimate of drug-likeness (QED) is 0.661. The molecule has 1 spiro atoms. The fourth-order valence-corrected chi connectivity index (χ4v) is 7.59. The molecule has 4 heteroatoms. The molecule has 4 nitrogen and oxygen atoms in total. The Hall–Kier alpha value is -0.420. The van der Waals surface area contributed by atoms with Crippen LogP contribution in [0.1, 0.15) is 58.8 Å². The van der Waals surface area contributed by atoms with Crippen LogP contribution in [0.25, 0.3) is 0 Å². The molecule has 140 valence electrons. The fraction of sp³-hybridized carbons (Fsp3) is 0.905. The number of rotatable bonds is 0. The van der Waals surface area contributed by atoms with Crippen LogP contribution in [0.3, 0.4) is 0 Å². The molecule has 0 amide bonds. The van der Waals surface area contributed by atoms with Crippen molar-refractivity contribution in [2.75, 3.05) is 13.2 Å². The van der Waals surface area contributed by atoms with Crippen LogP contribution < -0.4 is 0 Å². The first-order valence-corrected chi connectivity index (χ1v) is 10.2. The zero-order chi connectivity index (χ0) is 17.4. The number of hydrogen-bond acceptors (Lipinski definition) is 4. The summed E-state index contributed by atoms with van der Waals surface area (Å²) in [5.74, 6) is 1.38. The van der Waals surface area contributed by atoms with E-state index in [2.05, 4.69) is 19.9 Å².